The van der Waals surface area contributed by atoms with Gasteiger partial charge < -0.3 is 24.8 Å². The molecule has 0 saturated carbocycles. The molecule has 2 fully saturated rings. The van der Waals surface area contributed by atoms with Crippen molar-refractivity contribution in [3.05, 3.63) is 41.4 Å². The second-order valence-electron chi connectivity index (χ2n) is 6.55. The van der Waals surface area contributed by atoms with E-state index in [2.05, 4.69) is 15.2 Å². The molecule has 2 saturated heterocycles. The van der Waals surface area contributed by atoms with Crippen molar-refractivity contribution in [3.63, 3.8) is 0 Å². The molecule has 0 aliphatic carbocycles. The molecule has 2 aliphatic rings. The Hall–Kier alpha value is -2.91. The molecule has 28 heavy (non-hydrogen) atoms. The first-order valence-electron chi connectivity index (χ1n) is 8.53. The molecule has 4 heterocycles. The fraction of sp³-hybridized carbons (Fsp3) is 0.333. The summed E-state index contributed by atoms with van der Waals surface area (Å²) < 4.78 is 5.22. The number of amides is 1. The summed E-state index contributed by atoms with van der Waals surface area (Å²) in [6.07, 6.45) is 5.29. The molecular weight excluding hydrogens is 390 g/mol. The van der Waals surface area contributed by atoms with Crippen molar-refractivity contribution in [2.45, 2.75) is 12.5 Å². The lowest BCUT2D eigenvalue weighted by Crippen LogP contribution is -2.43. The van der Waals surface area contributed by atoms with Gasteiger partial charge in [0.25, 0.3) is 5.91 Å². The number of carbonyl (C=O) groups excluding carboxylic acids is 1. The number of aliphatic carboxylic acids is 2. The van der Waals surface area contributed by atoms with Crippen LogP contribution in [0.15, 0.2) is 35.1 Å². The van der Waals surface area contributed by atoms with Crippen LogP contribution in [-0.2, 0) is 9.59 Å². The third-order valence-electron chi connectivity index (χ3n) is 4.66. The summed E-state index contributed by atoms with van der Waals surface area (Å²) in [7, 11) is 0. The molecule has 3 N–H and O–H groups in total. The predicted molar refractivity (Wildman–Crippen MR) is 99.2 cm³/mol. The second kappa shape index (κ2) is 8.41. The van der Waals surface area contributed by atoms with Gasteiger partial charge in [-0.05, 0) is 24.9 Å². The largest absolute Gasteiger partial charge is 0.478 e. The van der Waals surface area contributed by atoms with Gasteiger partial charge in [0.2, 0.25) is 0 Å². The molecule has 10 heteroatoms. The van der Waals surface area contributed by atoms with Crippen LogP contribution in [0.1, 0.15) is 16.9 Å². The maximum absolute atomic E-state index is 12.3. The summed E-state index contributed by atoms with van der Waals surface area (Å²) in [5.74, 6) is -2.07. The van der Waals surface area contributed by atoms with Crippen molar-refractivity contribution >= 4 is 40.4 Å². The Labute approximate surface area is 164 Å². The Morgan fingerprint density at radius 3 is 2.54 bits per heavy atom. The SMILES string of the molecule is O=C(NC1CN2CC[C@H]1C2)c1cc2c(Cl)coc2cn1.O=C(O)/C=C/C(=O)O. The number of nitrogens with one attached hydrogen (secondary N) is 1. The summed E-state index contributed by atoms with van der Waals surface area (Å²) in [6.45, 7) is 3.21. The van der Waals surface area contributed by atoms with Gasteiger partial charge in [-0.2, -0.15) is 0 Å². The molecular formula is C18H18ClN3O6. The summed E-state index contributed by atoms with van der Waals surface area (Å²) in [5, 5.41) is 19.9. The number of nitrogens with zero attached hydrogens (tertiary/aromatic N) is 2. The van der Waals surface area contributed by atoms with Crippen LogP contribution < -0.4 is 5.32 Å². The van der Waals surface area contributed by atoms with Crippen molar-refractivity contribution in [2.75, 3.05) is 19.6 Å². The minimum Gasteiger partial charge on any atom is -0.478 e. The molecule has 0 spiro atoms. The highest BCUT2D eigenvalue weighted by Gasteiger charge is 2.38. The number of fused-ring (bicyclic) bond motifs is 3. The molecule has 4 rings (SSSR count). The third kappa shape index (κ3) is 4.68. The normalized spacial score (nSPS) is 22.8. The number of pyridine rings is 1. The fourth-order valence-corrected chi connectivity index (χ4v) is 3.55. The fourth-order valence-electron chi connectivity index (χ4n) is 3.36. The van der Waals surface area contributed by atoms with Crippen LogP contribution in [0, 0.1) is 5.92 Å². The zero-order valence-corrected chi connectivity index (χ0v) is 15.4. The standard InChI is InChI=1S/C14H14ClN3O2.C4H4O4/c15-10-7-20-13-4-16-11(3-9(10)13)14(19)17-12-6-18-2-1-8(12)5-18;5-3(6)1-2-4(7)8/h3-4,7-8,12H,1-2,5-6H2,(H,17,19);1-2H,(H,5,6)(H,7,8)/b;2-1+/t8-,12?;/m0./s1. The average molecular weight is 408 g/mol. The van der Waals surface area contributed by atoms with E-state index in [4.69, 9.17) is 26.2 Å². The van der Waals surface area contributed by atoms with Crippen molar-refractivity contribution in [2.24, 2.45) is 5.92 Å². The highest BCUT2D eigenvalue weighted by atomic mass is 35.5. The number of rotatable bonds is 4. The molecule has 2 bridgehead atoms. The monoisotopic (exact) mass is 407 g/mol. The number of carbonyl (C=O) groups is 3. The molecule has 2 aliphatic heterocycles. The van der Waals surface area contributed by atoms with Crippen molar-refractivity contribution in [1.82, 2.24) is 15.2 Å². The van der Waals surface area contributed by atoms with E-state index in [0.29, 0.717) is 34.4 Å². The van der Waals surface area contributed by atoms with E-state index in [1.807, 2.05) is 0 Å². The Kier molecular flexibility index (Phi) is 5.96. The molecule has 1 amide bonds. The van der Waals surface area contributed by atoms with Crippen LogP contribution in [0.25, 0.3) is 11.0 Å². The van der Waals surface area contributed by atoms with Gasteiger partial charge in [0, 0.05) is 36.7 Å². The van der Waals surface area contributed by atoms with Gasteiger partial charge in [0.05, 0.1) is 11.2 Å². The Balaban J connectivity index is 0.000000242. The minimum absolute atomic E-state index is 0.136. The zero-order valence-electron chi connectivity index (χ0n) is 14.7. The quantitative estimate of drug-likeness (QED) is 0.651. The van der Waals surface area contributed by atoms with E-state index < -0.39 is 11.9 Å². The Morgan fingerprint density at radius 1 is 1.25 bits per heavy atom. The Bertz CT molecular complexity index is 925. The zero-order chi connectivity index (χ0) is 20.3. The first-order chi connectivity index (χ1) is 13.3. The number of carboxylic acids is 2. The molecule has 3 atom stereocenters. The van der Waals surface area contributed by atoms with Crippen molar-refractivity contribution in [1.29, 1.82) is 0 Å². The smallest absolute Gasteiger partial charge is 0.328 e. The van der Waals surface area contributed by atoms with Gasteiger partial charge in [-0.3, -0.25) is 4.79 Å². The van der Waals surface area contributed by atoms with Crippen LogP contribution >= 0.6 is 11.6 Å². The summed E-state index contributed by atoms with van der Waals surface area (Å²) in [4.78, 5) is 37.9. The topological polar surface area (TPSA) is 133 Å². The maximum Gasteiger partial charge on any atom is 0.328 e. The molecule has 2 aromatic heterocycles. The van der Waals surface area contributed by atoms with E-state index in [9.17, 15) is 14.4 Å². The van der Waals surface area contributed by atoms with E-state index in [1.54, 1.807) is 12.3 Å². The first kappa shape index (κ1) is 19.8. The van der Waals surface area contributed by atoms with Gasteiger partial charge >= 0.3 is 11.9 Å². The maximum atomic E-state index is 12.3. The van der Waals surface area contributed by atoms with E-state index in [0.717, 1.165) is 25.0 Å². The summed E-state index contributed by atoms with van der Waals surface area (Å²) in [6, 6.07) is 1.93. The predicted octanol–water partition coefficient (Wildman–Crippen LogP) is 1.63. The highest BCUT2D eigenvalue weighted by molar-refractivity contribution is 6.35. The molecule has 9 nitrogen and oxygen atoms in total. The number of carboxylic acid groups (broad SMARTS) is 2. The van der Waals surface area contributed by atoms with E-state index >= 15 is 0 Å². The number of furan rings is 1. The molecule has 0 aromatic carbocycles. The van der Waals surface area contributed by atoms with Crippen LogP contribution in [0.2, 0.25) is 5.02 Å². The summed E-state index contributed by atoms with van der Waals surface area (Å²) in [5.41, 5.74) is 0.983. The summed E-state index contributed by atoms with van der Waals surface area (Å²) >= 11 is 6.01. The van der Waals surface area contributed by atoms with Gasteiger partial charge in [0.15, 0.2) is 5.58 Å². The molecule has 2 unspecified atom stereocenters. The van der Waals surface area contributed by atoms with Crippen LogP contribution in [-0.4, -0.2) is 63.6 Å². The van der Waals surface area contributed by atoms with E-state index in [1.165, 1.54) is 12.7 Å². The van der Waals surface area contributed by atoms with Crippen LogP contribution in [0.4, 0.5) is 0 Å². The number of piperidine rings is 1. The number of halogens is 1. The lowest BCUT2D eigenvalue weighted by Gasteiger charge is -2.22. The number of aromatic nitrogens is 1. The van der Waals surface area contributed by atoms with Gasteiger partial charge in [-0.15, -0.1) is 0 Å². The third-order valence-corrected chi connectivity index (χ3v) is 4.96. The molecule has 148 valence electrons. The van der Waals surface area contributed by atoms with Gasteiger partial charge in [0.1, 0.15) is 12.0 Å². The Morgan fingerprint density at radius 2 is 1.96 bits per heavy atom. The van der Waals surface area contributed by atoms with Crippen molar-refractivity contribution < 1.29 is 29.0 Å². The highest BCUT2D eigenvalue weighted by Crippen LogP contribution is 2.28. The van der Waals surface area contributed by atoms with Gasteiger partial charge in [-0.1, -0.05) is 11.6 Å². The van der Waals surface area contributed by atoms with E-state index in [-0.39, 0.29) is 11.9 Å². The lowest BCUT2D eigenvalue weighted by atomic mass is 10.00. The van der Waals surface area contributed by atoms with Gasteiger partial charge in [-0.25, -0.2) is 14.6 Å². The number of hydrogen-bond donors (Lipinski definition) is 3. The molecule has 0 radical (unpaired) electrons. The first-order valence-corrected chi connectivity index (χ1v) is 8.91. The van der Waals surface area contributed by atoms with Crippen LogP contribution in [0.5, 0.6) is 0 Å². The number of hydrogen-bond acceptors (Lipinski definition) is 6. The molecule has 2 aromatic rings. The second-order valence-corrected chi connectivity index (χ2v) is 6.95. The minimum atomic E-state index is -1.26. The average Bonchev–Trinajstić information content (AvgIpc) is 3.36. The lowest BCUT2D eigenvalue weighted by molar-refractivity contribution is -0.134. The van der Waals surface area contributed by atoms with Crippen molar-refractivity contribution in [3.8, 4) is 0 Å². The van der Waals surface area contributed by atoms with Crippen LogP contribution in [0.3, 0.4) is 0 Å².